The van der Waals surface area contributed by atoms with Crippen molar-refractivity contribution in [1.29, 1.82) is 0 Å². The van der Waals surface area contributed by atoms with Crippen LogP contribution in [0.3, 0.4) is 0 Å². The van der Waals surface area contributed by atoms with Gasteiger partial charge in [0.1, 0.15) is 11.9 Å². The van der Waals surface area contributed by atoms with Gasteiger partial charge >= 0.3 is 11.9 Å². The molecule has 1 fully saturated rings. The lowest BCUT2D eigenvalue weighted by atomic mass is 9.86. The number of ketones is 1. The zero-order chi connectivity index (χ0) is 20.8. The Hall–Kier alpha value is -1.39. The minimum absolute atomic E-state index is 0.175. The van der Waals surface area contributed by atoms with Crippen molar-refractivity contribution < 1.29 is 23.9 Å². The maximum Gasteiger partial charge on any atom is 0.305 e. The van der Waals surface area contributed by atoms with Gasteiger partial charge in [-0.05, 0) is 44.4 Å². The minimum Gasteiger partial charge on any atom is -0.469 e. The first-order valence-electron chi connectivity index (χ1n) is 11.2. The van der Waals surface area contributed by atoms with E-state index in [0.717, 1.165) is 32.1 Å². The molecule has 1 saturated carbocycles. The maximum absolute atomic E-state index is 12.3. The molecule has 0 amide bonds. The van der Waals surface area contributed by atoms with Crippen LogP contribution in [-0.4, -0.2) is 30.9 Å². The van der Waals surface area contributed by atoms with Crippen molar-refractivity contribution in [1.82, 2.24) is 0 Å². The van der Waals surface area contributed by atoms with Gasteiger partial charge in [0.05, 0.1) is 7.11 Å². The van der Waals surface area contributed by atoms with Gasteiger partial charge in [0.15, 0.2) is 0 Å². The molecule has 0 aliphatic heterocycles. The lowest BCUT2D eigenvalue weighted by molar-refractivity contribution is -0.149. The number of Topliss-reactive ketones (excluding diaryl/α,β-unsaturated/α-hetero) is 1. The van der Waals surface area contributed by atoms with E-state index in [-0.39, 0.29) is 30.4 Å². The number of carbonyl (C=O) groups excluding carboxylic acids is 3. The van der Waals surface area contributed by atoms with E-state index >= 15 is 0 Å². The zero-order valence-electron chi connectivity index (χ0n) is 18.2. The molecule has 0 spiro atoms. The number of ether oxygens (including phenoxy) is 2. The fourth-order valence-electron chi connectivity index (χ4n) is 4.35. The summed E-state index contributed by atoms with van der Waals surface area (Å²) in [6.07, 6.45) is 13.5. The second-order valence-electron chi connectivity index (χ2n) is 8.21. The summed E-state index contributed by atoms with van der Waals surface area (Å²) in [6, 6.07) is 0. The van der Waals surface area contributed by atoms with Gasteiger partial charge in [-0.15, -0.1) is 0 Å². The molecule has 3 unspecified atom stereocenters. The fourth-order valence-corrected chi connectivity index (χ4v) is 4.35. The summed E-state index contributed by atoms with van der Waals surface area (Å²) in [4.78, 5) is 35.0. The van der Waals surface area contributed by atoms with Crippen LogP contribution in [0.1, 0.15) is 104 Å². The van der Waals surface area contributed by atoms with Gasteiger partial charge in [0.2, 0.25) is 0 Å². The molecule has 5 nitrogen and oxygen atoms in total. The number of hydrogen-bond acceptors (Lipinski definition) is 5. The van der Waals surface area contributed by atoms with E-state index in [2.05, 4.69) is 11.7 Å². The van der Waals surface area contributed by atoms with Gasteiger partial charge in [0, 0.05) is 25.7 Å². The molecule has 1 rings (SSSR count). The predicted octanol–water partition coefficient (Wildman–Crippen LogP) is 5.39. The highest BCUT2D eigenvalue weighted by Gasteiger charge is 2.33. The van der Waals surface area contributed by atoms with Crippen LogP contribution in [-0.2, 0) is 23.9 Å². The maximum atomic E-state index is 12.3. The van der Waals surface area contributed by atoms with Crippen molar-refractivity contribution in [2.75, 3.05) is 7.11 Å². The van der Waals surface area contributed by atoms with E-state index in [9.17, 15) is 14.4 Å². The Morgan fingerprint density at radius 2 is 1.75 bits per heavy atom. The lowest BCUT2D eigenvalue weighted by Gasteiger charge is -2.20. The molecule has 5 heteroatoms. The van der Waals surface area contributed by atoms with Crippen LogP contribution in [0.4, 0.5) is 0 Å². The van der Waals surface area contributed by atoms with Crippen LogP contribution in [0.2, 0.25) is 0 Å². The SMILES string of the molecule is CCCCCCCCC1CCC(=O)C1CCCC(CCC(=O)OC)OC(C)=O. The second kappa shape index (κ2) is 14.6. The quantitative estimate of drug-likeness (QED) is 0.274. The summed E-state index contributed by atoms with van der Waals surface area (Å²) >= 11 is 0. The summed E-state index contributed by atoms with van der Waals surface area (Å²) < 4.78 is 10.0. The van der Waals surface area contributed by atoms with Crippen molar-refractivity contribution in [3.8, 4) is 0 Å². The third-order valence-electron chi connectivity index (χ3n) is 5.94. The van der Waals surface area contributed by atoms with E-state index in [4.69, 9.17) is 4.74 Å². The van der Waals surface area contributed by atoms with Crippen molar-refractivity contribution in [3.05, 3.63) is 0 Å². The smallest absolute Gasteiger partial charge is 0.305 e. The van der Waals surface area contributed by atoms with Crippen LogP contribution in [0.5, 0.6) is 0 Å². The number of hydrogen-bond donors (Lipinski definition) is 0. The molecule has 0 aromatic heterocycles. The van der Waals surface area contributed by atoms with E-state index in [1.807, 2.05) is 0 Å². The zero-order valence-corrected chi connectivity index (χ0v) is 18.2. The van der Waals surface area contributed by atoms with E-state index in [0.29, 0.717) is 24.5 Å². The number of unbranched alkanes of at least 4 members (excludes halogenated alkanes) is 5. The molecule has 1 aliphatic carbocycles. The molecule has 0 heterocycles. The Morgan fingerprint density at radius 3 is 2.43 bits per heavy atom. The Bertz CT molecular complexity index is 474. The molecule has 0 bridgehead atoms. The molecule has 0 aromatic rings. The first-order chi connectivity index (χ1) is 13.5. The topological polar surface area (TPSA) is 69.7 Å². The molecule has 1 aliphatic rings. The van der Waals surface area contributed by atoms with Crippen LogP contribution < -0.4 is 0 Å². The molecule has 162 valence electrons. The summed E-state index contributed by atoms with van der Waals surface area (Å²) in [7, 11) is 1.36. The molecule has 0 aromatic carbocycles. The van der Waals surface area contributed by atoms with Crippen molar-refractivity contribution in [3.63, 3.8) is 0 Å². The summed E-state index contributed by atoms with van der Waals surface area (Å²) in [5.74, 6) is 0.500. The number of methoxy groups -OCH3 is 1. The third-order valence-corrected chi connectivity index (χ3v) is 5.94. The average molecular weight is 397 g/mol. The van der Waals surface area contributed by atoms with Crippen molar-refractivity contribution in [2.24, 2.45) is 11.8 Å². The van der Waals surface area contributed by atoms with Crippen molar-refractivity contribution in [2.45, 2.75) is 110 Å². The Morgan fingerprint density at radius 1 is 1.04 bits per heavy atom. The Balaban J connectivity index is 2.35. The first-order valence-corrected chi connectivity index (χ1v) is 11.2. The van der Waals surface area contributed by atoms with Gasteiger partial charge < -0.3 is 9.47 Å². The highest BCUT2D eigenvalue weighted by Crippen LogP contribution is 2.36. The monoisotopic (exact) mass is 396 g/mol. The molecular formula is C23H40O5. The van der Waals surface area contributed by atoms with Gasteiger partial charge in [-0.1, -0.05) is 45.4 Å². The van der Waals surface area contributed by atoms with Crippen LogP contribution in [0.15, 0.2) is 0 Å². The van der Waals surface area contributed by atoms with Gasteiger partial charge in [-0.3, -0.25) is 14.4 Å². The van der Waals surface area contributed by atoms with E-state index in [1.165, 1.54) is 52.6 Å². The van der Waals surface area contributed by atoms with Crippen molar-refractivity contribution >= 4 is 17.7 Å². The van der Waals surface area contributed by atoms with Gasteiger partial charge in [0.25, 0.3) is 0 Å². The standard InChI is InChI=1S/C23H40O5/c1-4-5-6-7-8-9-11-19-14-16-22(25)21(19)13-10-12-20(28-18(2)24)15-17-23(26)27-3/h19-21H,4-17H2,1-3H3. The van der Waals surface area contributed by atoms with E-state index < -0.39 is 0 Å². The Labute approximate surface area is 170 Å². The van der Waals surface area contributed by atoms with Crippen LogP contribution in [0.25, 0.3) is 0 Å². The Kier molecular flexibility index (Phi) is 12.8. The molecule has 0 radical (unpaired) electrons. The largest absolute Gasteiger partial charge is 0.469 e. The number of esters is 2. The summed E-state index contributed by atoms with van der Waals surface area (Å²) in [5.41, 5.74) is 0. The number of rotatable bonds is 15. The van der Waals surface area contributed by atoms with Crippen LogP contribution in [0, 0.1) is 11.8 Å². The highest BCUT2D eigenvalue weighted by molar-refractivity contribution is 5.83. The fraction of sp³-hybridized carbons (Fsp3) is 0.870. The summed E-state index contributed by atoms with van der Waals surface area (Å²) in [5, 5.41) is 0. The normalized spacial score (nSPS) is 20.2. The molecule has 3 atom stereocenters. The van der Waals surface area contributed by atoms with Gasteiger partial charge in [-0.25, -0.2) is 0 Å². The molecule has 0 N–H and O–H groups in total. The highest BCUT2D eigenvalue weighted by atomic mass is 16.5. The lowest BCUT2D eigenvalue weighted by Crippen LogP contribution is -2.20. The molecule has 0 saturated heterocycles. The predicted molar refractivity (Wildman–Crippen MR) is 110 cm³/mol. The summed E-state index contributed by atoms with van der Waals surface area (Å²) in [6.45, 7) is 3.62. The van der Waals surface area contributed by atoms with Crippen LogP contribution >= 0.6 is 0 Å². The second-order valence-corrected chi connectivity index (χ2v) is 8.21. The first kappa shape index (κ1) is 24.6. The third kappa shape index (κ3) is 10.2. The number of carbonyl (C=O) groups is 3. The molecular weight excluding hydrogens is 356 g/mol. The average Bonchev–Trinajstić information content (AvgIpc) is 3.01. The molecule has 28 heavy (non-hydrogen) atoms. The minimum atomic E-state index is -0.326. The van der Waals surface area contributed by atoms with E-state index in [1.54, 1.807) is 0 Å². The van der Waals surface area contributed by atoms with Gasteiger partial charge in [-0.2, -0.15) is 0 Å².